The summed E-state index contributed by atoms with van der Waals surface area (Å²) in [6.45, 7) is 8.58. The van der Waals surface area contributed by atoms with Crippen LogP contribution >= 0.6 is 11.8 Å². The number of esters is 1. The number of hydrogen-bond acceptors (Lipinski definition) is 8. The maximum Gasteiger partial charge on any atom is 0.338 e. The van der Waals surface area contributed by atoms with Crippen molar-refractivity contribution < 1.29 is 14.3 Å². The monoisotopic (exact) mass is 412 g/mol. The number of thioether (sulfide) groups is 1. The fraction of sp³-hybridized carbons (Fsp3) is 0.381. The van der Waals surface area contributed by atoms with E-state index in [0.717, 1.165) is 11.3 Å². The first-order chi connectivity index (χ1) is 13.9. The van der Waals surface area contributed by atoms with Crippen molar-refractivity contribution in [1.82, 2.24) is 4.90 Å². The number of carbonyl (C=O) groups is 1. The predicted molar refractivity (Wildman–Crippen MR) is 113 cm³/mol. The molecule has 1 atom stereocenters. The van der Waals surface area contributed by atoms with Gasteiger partial charge in [0.25, 0.3) is 0 Å². The van der Waals surface area contributed by atoms with Crippen molar-refractivity contribution in [3.8, 4) is 11.8 Å². The van der Waals surface area contributed by atoms with Crippen molar-refractivity contribution in [3.63, 3.8) is 0 Å². The standard InChI is InChI=1S/C21H24N4O3S/c1-5-27-20(26)17-13(4)24-21-25(19(23)16(10-22)29-21)18(17)14-6-8-15(9-7-14)28-11-12(2)3/h6-9,12,18H,5,11,23H2,1-4H3/t18-/m0/s1. The van der Waals surface area contributed by atoms with Crippen LogP contribution in [0.3, 0.4) is 0 Å². The number of ether oxygens (including phenoxy) is 2. The van der Waals surface area contributed by atoms with Gasteiger partial charge < -0.3 is 15.2 Å². The molecule has 3 rings (SSSR count). The highest BCUT2D eigenvalue weighted by Crippen LogP contribution is 2.45. The molecule has 0 aliphatic carbocycles. The van der Waals surface area contributed by atoms with Crippen LogP contribution in [0.5, 0.6) is 5.75 Å². The zero-order valence-corrected chi connectivity index (χ0v) is 17.7. The Bertz CT molecular complexity index is 942. The quantitative estimate of drug-likeness (QED) is 0.711. The van der Waals surface area contributed by atoms with Crippen LogP contribution in [-0.2, 0) is 9.53 Å². The van der Waals surface area contributed by atoms with Gasteiger partial charge in [-0.3, -0.25) is 4.90 Å². The van der Waals surface area contributed by atoms with Crippen LogP contribution in [0.1, 0.15) is 39.3 Å². The zero-order chi connectivity index (χ0) is 21.1. The van der Waals surface area contributed by atoms with E-state index in [0.29, 0.717) is 33.9 Å². The van der Waals surface area contributed by atoms with Crippen molar-refractivity contribution in [1.29, 1.82) is 5.26 Å². The molecule has 0 saturated carbocycles. The van der Waals surface area contributed by atoms with E-state index in [1.165, 1.54) is 11.8 Å². The first kappa shape index (κ1) is 20.8. The van der Waals surface area contributed by atoms with Gasteiger partial charge in [0.1, 0.15) is 22.5 Å². The smallest absolute Gasteiger partial charge is 0.338 e. The number of nitriles is 1. The molecule has 0 aromatic heterocycles. The van der Waals surface area contributed by atoms with Crippen molar-refractivity contribution in [2.24, 2.45) is 16.6 Å². The van der Waals surface area contributed by atoms with Crippen molar-refractivity contribution >= 4 is 22.9 Å². The Labute approximate surface area is 174 Å². The molecular formula is C21H24N4O3S. The molecule has 0 radical (unpaired) electrons. The van der Waals surface area contributed by atoms with Crippen LogP contribution in [0.4, 0.5) is 0 Å². The van der Waals surface area contributed by atoms with Gasteiger partial charge in [-0.25, -0.2) is 9.79 Å². The van der Waals surface area contributed by atoms with E-state index in [1.54, 1.807) is 18.7 Å². The Morgan fingerprint density at radius 1 is 1.38 bits per heavy atom. The third-order valence-electron chi connectivity index (χ3n) is 4.45. The van der Waals surface area contributed by atoms with Crippen LogP contribution in [0, 0.1) is 17.2 Å². The summed E-state index contributed by atoms with van der Waals surface area (Å²) in [7, 11) is 0. The molecule has 29 heavy (non-hydrogen) atoms. The third kappa shape index (κ3) is 4.10. The summed E-state index contributed by atoms with van der Waals surface area (Å²) < 4.78 is 11.0. The average molecular weight is 413 g/mol. The molecule has 2 aliphatic heterocycles. The molecule has 2 N–H and O–H groups in total. The summed E-state index contributed by atoms with van der Waals surface area (Å²) in [4.78, 5) is 19.4. The number of benzene rings is 1. The Kier molecular flexibility index (Phi) is 6.18. The molecule has 2 aliphatic rings. The van der Waals surface area contributed by atoms with E-state index < -0.39 is 12.0 Å². The van der Waals surface area contributed by atoms with Gasteiger partial charge >= 0.3 is 5.97 Å². The lowest BCUT2D eigenvalue weighted by Crippen LogP contribution is -2.38. The van der Waals surface area contributed by atoms with Gasteiger partial charge in [0.15, 0.2) is 5.17 Å². The minimum absolute atomic E-state index is 0.254. The second-order valence-electron chi connectivity index (χ2n) is 7.09. The summed E-state index contributed by atoms with van der Waals surface area (Å²) in [6, 6.07) is 9.12. The van der Waals surface area contributed by atoms with Crippen molar-refractivity contribution in [2.45, 2.75) is 33.7 Å². The number of rotatable bonds is 6. The topological polar surface area (TPSA) is 101 Å². The lowest BCUT2D eigenvalue weighted by Gasteiger charge is -2.34. The molecule has 0 spiro atoms. The summed E-state index contributed by atoms with van der Waals surface area (Å²) in [5.41, 5.74) is 8.05. The van der Waals surface area contributed by atoms with E-state index in [4.69, 9.17) is 15.2 Å². The van der Waals surface area contributed by atoms with Crippen LogP contribution in [0.2, 0.25) is 0 Å². The fourth-order valence-electron chi connectivity index (χ4n) is 3.14. The van der Waals surface area contributed by atoms with Gasteiger partial charge in [-0.15, -0.1) is 0 Å². The molecule has 7 nitrogen and oxygen atoms in total. The van der Waals surface area contributed by atoms with Crippen molar-refractivity contribution in [3.05, 3.63) is 51.8 Å². The summed E-state index contributed by atoms with van der Waals surface area (Å²) in [6.07, 6.45) is 0. The number of aliphatic imine (C=N–C) groups is 1. The molecule has 2 heterocycles. The maximum atomic E-state index is 12.8. The summed E-state index contributed by atoms with van der Waals surface area (Å²) >= 11 is 1.20. The maximum absolute atomic E-state index is 12.8. The van der Waals surface area contributed by atoms with Crippen LogP contribution in [0.15, 0.2) is 51.3 Å². The Balaban J connectivity index is 2.03. The molecule has 0 amide bonds. The summed E-state index contributed by atoms with van der Waals surface area (Å²) in [5.74, 6) is 1.02. The number of nitrogens with zero attached hydrogens (tertiary/aromatic N) is 3. The largest absolute Gasteiger partial charge is 0.493 e. The first-order valence-electron chi connectivity index (χ1n) is 9.43. The Morgan fingerprint density at radius 2 is 2.07 bits per heavy atom. The van der Waals surface area contributed by atoms with Crippen LogP contribution < -0.4 is 10.5 Å². The minimum atomic E-state index is -0.529. The fourth-order valence-corrected chi connectivity index (χ4v) is 4.05. The molecule has 0 unspecified atom stereocenters. The SMILES string of the molecule is CCOC(=O)C1=C(C)N=C2SC(C#N)=C(N)N2[C@H]1c1ccc(OCC(C)C)cc1. The predicted octanol–water partition coefficient (Wildman–Crippen LogP) is 3.67. The lowest BCUT2D eigenvalue weighted by atomic mass is 9.94. The molecule has 0 bridgehead atoms. The molecule has 1 aromatic carbocycles. The molecular weight excluding hydrogens is 388 g/mol. The number of fused-ring (bicyclic) bond motifs is 1. The van der Waals surface area contributed by atoms with E-state index >= 15 is 0 Å². The minimum Gasteiger partial charge on any atom is -0.493 e. The van der Waals surface area contributed by atoms with Gasteiger partial charge in [0.05, 0.1) is 30.5 Å². The number of nitrogens with two attached hydrogens (primary N) is 1. The van der Waals surface area contributed by atoms with E-state index in [-0.39, 0.29) is 12.4 Å². The zero-order valence-electron chi connectivity index (χ0n) is 16.9. The van der Waals surface area contributed by atoms with Crippen LogP contribution in [0.25, 0.3) is 0 Å². The lowest BCUT2D eigenvalue weighted by molar-refractivity contribution is -0.139. The van der Waals surface area contributed by atoms with Gasteiger partial charge in [-0.1, -0.05) is 26.0 Å². The normalized spacial score (nSPS) is 18.6. The highest BCUT2D eigenvalue weighted by Gasteiger charge is 2.42. The van der Waals surface area contributed by atoms with E-state index in [2.05, 4.69) is 24.9 Å². The average Bonchev–Trinajstić information content (AvgIpc) is 3.01. The van der Waals surface area contributed by atoms with Crippen molar-refractivity contribution in [2.75, 3.05) is 13.2 Å². The number of allylic oxidation sites excluding steroid dienone is 2. The van der Waals surface area contributed by atoms with Gasteiger partial charge in [-0.05, 0) is 49.2 Å². The number of amidine groups is 1. The van der Waals surface area contributed by atoms with Crippen LogP contribution in [-0.4, -0.2) is 29.3 Å². The molecule has 152 valence electrons. The first-order valence-corrected chi connectivity index (χ1v) is 10.2. The van der Waals surface area contributed by atoms with Gasteiger partial charge in [0, 0.05) is 0 Å². The van der Waals surface area contributed by atoms with Gasteiger partial charge in [0.2, 0.25) is 0 Å². The second-order valence-corrected chi connectivity index (χ2v) is 8.07. The molecule has 1 aromatic rings. The number of carbonyl (C=O) groups excluding carboxylic acids is 1. The Hall–Kier alpha value is -2.92. The molecule has 8 heteroatoms. The summed E-state index contributed by atoms with van der Waals surface area (Å²) in [5, 5.41) is 9.97. The molecule has 0 saturated heterocycles. The molecule has 0 fully saturated rings. The Morgan fingerprint density at radius 3 is 2.66 bits per heavy atom. The highest BCUT2D eigenvalue weighted by atomic mass is 32.2. The number of hydrogen-bond donors (Lipinski definition) is 1. The third-order valence-corrected chi connectivity index (χ3v) is 5.43. The second kappa shape index (κ2) is 8.62. The van der Waals surface area contributed by atoms with E-state index in [9.17, 15) is 10.1 Å². The highest BCUT2D eigenvalue weighted by molar-refractivity contribution is 8.17. The van der Waals surface area contributed by atoms with E-state index in [1.807, 2.05) is 24.3 Å². The van der Waals surface area contributed by atoms with Gasteiger partial charge in [-0.2, -0.15) is 5.26 Å².